The number of ether oxygens (including phenoxy) is 1. The van der Waals surface area contributed by atoms with Crippen molar-refractivity contribution in [1.82, 2.24) is 9.97 Å². The van der Waals surface area contributed by atoms with Gasteiger partial charge in [-0.3, -0.25) is 0 Å². The Hall–Kier alpha value is -1.46. The third kappa shape index (κ3) is 3.40. The van der Waals surface area contributed by atoms with E-state index in [1.54, 1.807) is 6.92 Å². The number of aryl methyl sites for hydroxylation is 1. The predicted molar refractivity (Wildman–Crippen MR) is 93.4 cm³/mol. The summed E-state index contributed by atoms with van der Waals surface area (Å²) in [5.74, 6) is 0.410. The van der Waals surface area contributed by atoms with Crippen molar-refractivity contribution in [3.05, 3.63) is 33.1 Å². The molecule has 0 fully saturated rings. The van der Waals surface area contributed by atoms with Gasteiger partial charge < -0.3 is 4.74 Å². The van der Waals surface area contributed by atoms with Gasteiger partial charge in [-0.25, -0.2) is 14.8 Å². The van der Waals surface area contributed by atoms with Gasteiger partial charge in [-0.2, -0.15) is 0 Å². The highest BCUT2D eigenvalue weighted by molar-refractivity contribution is 7.20. The lowest BCUT2D eigenvalue weighted by molar-refractivity contribution is 0.0531. The zero-order valence-electron chi connectivity index (χ0n) is 13.3. The molecule has 0 bridgehead atoms. The Morgan fingerprint density at radius 1 is 1.39 bits per heavy atom. The van der Waals surface area contributed by atoms with Crippen molar-refractivity contribution >= 4 is 39.1 Å². The van der Waals surface area contributed by atoms with E-state index >= 15 is 0 Å². The van der Waals surface area contributed by atoms with E-state index in [1.165, 1.54) is 29.8 Å². The molecule has 0 saturated heterocycles. The van der Waals surface area contributed by atoms with E-state index in [4.69, 9.17) is 16.3 Å². The smallest absolute Gasteiger partial charge is 0.348 e. The molecule has 6 heteroatoms. The van der Waals surface area contributed by atoms with E-state index in [-0.39, 0.29) is 5.97 Å². The molecule has 0 amide bonds. The summed E-state index contributed by atoms with van der Waals surface area (Å²) in [5, 5.41) is 1.19. The summed E-state index contributed by atoms with van der Waals surface area (Å²) >= 11 is 7.70. The summed E-state index contributed by atoms with van der Waals surface area (Å²) in [6.07, 6.45) is 7.76. The van der Waals surface area contributed by atoms with Crippen molar-refractivity contribution in [1.29, 1.82) is 0 Å². The van der Waals surface area contributed by atoms with Crippen LogP contribution < -0.4 is 0 Å². The Morgan fingerprint density at radius 3 is 2.91 bits per heavy atom. The Balaban J connectivity index is 1.97. The highest BCUT2D eigenvalue weighted by Gasteiger charge is 2.21. The molecule has 0 unspecified atom stereocenters. The van der Waals surface area contributed by atoms with Crippen LogP contribution in [0, 0.1) is 6.92 Å². The minimum atomic E-state index is -0.319. The lowest BCUT2D eigenvalue weighted by Gasteiger charge is -2.11. The van der Waals surface area contributed by atoms with E-state index < -0.39 is 0 Å². The second kappa shape index (κ2) is 6.97. The van der Waals surface area contributed by atoms with Crippen molar-refractivity contribution in [3.63, 3.8) is 0 Å². The Kier molecular flexibility index (Phi) is 4.97. The first-order chi connectivity index (χ1) is 11.1. The van der Waals surface area contributed by atoms with Crippen LogP contribution in [-0.2, 0) is 11.2 Å². The van der Waals surface area contributed by atoms with Crippen molar-refractivity contribution in [2.75, 3.05) is 6.61 Å². The summed E-state index contributed by atoms with van der Waals surface area (Å²) in [7, 11) is 0. The third-order valence-corrected chi connectivity index (χ3v) is 5.46. The summed E-state index contributed by atoms with van der Waals surface area (Å²) in [4.78, 5) is 22.4. The largest absolute Gasteiger partial charge is 0.462 e. The van der Waals surface area contributed by atoms with Crippen LogP contribution in [0.1, 0.15) is 53.7 Å². The van der Waals surface area contributed by atoms with Crippen LogP contribution in [0.15, 0.2) is 11.6 Å². The molecule has 0 aromatic carbocycles. The molecule has 0 aliphatic heterocycles. The highest BCUT2D eigenvalue weighted by atomic mass is 35.5. The van der Waals surface area contributed by atoms with Crippen molar-refractivity contribution in [2.24, 2.45) is 0 Å². The zero-order valence-corrected chi connectivity index (χ0v) is 14.9. The van der Waals surface area contributed by atoms with Gasteiger partial charge in [0.2, 0.25) is 0 Å². The first-order valence-electron chi connectivity index (χ1n) is 7.90. The topological polar surface area (TPSA) is 52.1 Å². The first kappa shape index (κ1) is 16.4. The number of allylic oxidation sites excluding steroid dienone is 2. The quantitative estimate of drug-likeness (QED) is 0.448. The van der Waals surface area contributed by atoms with E-state index in [1.807, 2.05) is 6.92 Å². The fourth-order valence-electron chi connectivity index (χ4n) is 2.87. The molecule has 0 spiro atoms. The van der Waals surface area contributed by atoms with E-state index in [9.17, 15) is 4.79 Å². The number of halogens is 1. The molecule has 122 valence electrons. The van der Waals surface area contributed by atoms with Gasteiger partial charge >= 0.3 is 5.97 Å². The Bertz CT molecular complexity index is 782. The number of nitrogens with zero attached hydrogens (tertiary/aromatic N) is 2. The lowest BCUT2D eigenvalue weighted by Crippen LogP contribution is -2.03. The van der Waals surface area contributed by atoms with Crippen LogP contribution in [0.25, 0.3) is 10.2 Å². The number of esters is 1. The number of thiophene rings is 1. The summed E-state index contributed by atoms with van der Waals surface area (Å²) < 4.78 is 5.10. The predicted octanol–water partition coefficient (Wildman–Crippen LogP) is 4.87. The normalized spacial score (nSPS) is 14.8. The van der Waals surface area contributed by atoms with Crippen LogP contribution >= 0.6 is 22.9 Å². The molecule has 2 aromatic heterocycles. The molecule has 23 heavy (non-hydrogen) atoms. The second-order valence-corrected chi connectivity index (χ2v) is 7.03. The highest BCUT2D eigenvalue weighted by Crippen LogP contribution is 2.34. The van der Waals surface area contributed by atoms with E-state index in [2.05, 4.69) is 16.0 Å². The van der Waals surface area contributed by atoms with Crippen molar-refractivity contribution in [3.8, 4) is 0 Å². The molecular weight excluding hydrogens is 332 g/mol. The number of hydrogen-bond acceptors (Lipinski definition) is 5. The van der Waals surface area contributed by atoms with Crippen LogP contribution in [0.5, 0.6) is 0 Å². The van der Waals surface area contributed by atoms with Crippen molar-refractivity contribution in [2.45, 2.75) is 46.0 Å². The Morgan fingerprint density at radius 2 is 2.22 bits per heavy atom. The molecule has 0 saturated carbocycles. The summed E-state index contributed by atoms with van der Waals surface area (Å²) in [6.45, 7) is 4.01. The molecule has 3 rings (SSSR count). The Labute approximate surface area is 144 Å². The van der Waals surface area contributed by atoms with Gasteiger partial charge in [0.15, 0.2) is 0 Å². The second-order valence-electron chi connectivity index (χ2n) is 5.67. The van der Waals surface area contributed by atoms with Crippen LogP contribution in [0.3, 0.4) is 0 Å². The minimum Gasteiger partial charge on any atom is -0.462 e. The third-order valence-electron chi connectivity index (χ3n) is 4.02. The number of aromatic nitrogens is 2. The van der Waals surface area contributed by atoms with Gasteiger partial charge in [-0.15, -0.1) is 11.3 Å². The fraction of sp³-hybridized carbons (Fsp3) is 0.471. The number of rotatable bonds is 4. The molecule has 1 aliphatic carbocycles. The van der Waals surface area contributed by atoms with Crippen LogP contribution in [0.4, 0.5) is 0 Å². The van der Waals surface area contributed by atoms with Crippen molar-refractivity contribution < 1.29 is 9.53 Å². The maximum atomic E-state index is 12.0. The molecule has 4 nitrogen and oxygen atoms in total. The maximum Gasteiger partial charge on any atom is 0.348 e. The molecule has 0 radical (unpaired) electrons. The molecular formula is C17H19ClN2O2S. The van der Waals surface area contributed by atoms with Gasteiger partial charge in [0.05, 0.1) is 12.0 Å². The molecule has 0 atom stereocenters. The molecule has 0 N–H and O–H groups in total. The van der Waals surface area contributed by atoms with Gasteiger partial charge in [0.1, 0.15) is 20.7 Å². The van der Waals surface area contributed by atoms with Gasteiger partial charge in [0.25, 0.3) is 0 Å². The standard InChI is InChI=1S/C17H19ClN2O2S/c1-3-22-17(21)14-10(2)13-15(18)19-12(20-16(13)23-14)9-11-7-5-4-6-8-11/h7H,3-6,8-9H2,1-2H3. The number of fused-ring (bicyclic) bond motifs is 1. The fourth-order valence-corrected chi connectivity index (χ4v) is 4.35. The van der Waals surface area contributed by atoms with Gasteiger partial charge in [0, 0.05) is 6.42 Å². The lowest BCUT2D eigenvalue weighted by atomic mass is 9.97. The zero-order chi connectivity index (χ0) is 16.4. The summed E-state index contributed by atoms with van der Waals surface area (Å²) in [6, 6.07) is 0. The van der Waals surface area contributed by atoms with Gasteiger partial charge in [-0.1, -0.05) is 23.3 Å². The number of hydrogen-bond donors (Lipinski definition) is 0. The summed E-state index contributed by atoms with van der Waals surface area (Å²) in [5.41, 5.74) is 2.18. The van der Waals surface area contributed by atoms with E-state index in [0.29, 0.717) is 16.6 Å². The van der Waals surface area contributed by atoms with Crippen LogP contribution in [0.2, 0.25) is 5.15 Å². The monoisotopic (exact) mass is 350 g/mol. The average molecular weight is 351 g/mol. The maximum absolute atomic E-state index is 12.0. The average Bonchev–Trinajstić information content (AvgIpc) is 2.86. The van der Waals surface area contributed by atoms with Crippen LogP contribution in [-0.4, -0.2) is 22.5 Å². The first-order valence-corrected chi connectivity index (χ1v) is 9.10. The molecule has 1 aliphatic rings. The molecule has 2 heterocycles. The van der Waals surface area contributed by atoms with Gasteiger partial charge in [-0.05, 0) is 45.1 Å². The number of carbonyl (C=O) groups is 1. The SMILES string of the molecule is CCOC(=O)c1sc2nc(CC3=CCCCC3)nc(Cl)c2c1C. The molecule has 2 aromatic rings. The number of carbonyl (C=O) groups excluding carboxylic acids is 1. The van der Waals surface area contributed by atoms with E-state index in [0.717, 1.165) is 40.9 Å². The minimum absolute atomic E-state index is 0.319.